The molecule has 1 saturated heterocycles. The van der Waals surface area contributed by atoms with Crippen molar-refractivity contribution in [2.24, 2.45) is 5.92 Å². The van der Waals surface area contributed by atoms with Crippen LogP contribution in [0.25, 0.3) is 0 Å². The normalized spacial score (nSPS) is 18.9. The lowest BCUT2D eigenvalue weighted by molar-refractivity contribution is 0.0693. The zero-order chi connectivity index (χ0) is 14.5. The number of nitrogens with zero attached hydrogens (tertiary/aromatic N) is 1. The first-order valence-electron chi connectivity index (χ1n) is 7.26. The minimum Gasteiger partial charge on any atom is -0.393 e. The molecule has 2 rings (SSSR count). The number of rotatable bonds is 5. The molecule has 1 fully saturated rings. The Morgan fingerprint density at radius 2 is 2.05 bits per heavy atom. The van der Waals surface area contributed by atoms with Gasteiger partial charge < -0.3 is 10.0 Å². The minimum absolute atomic E-state index is 0.105. The summed E-state index contributed by atoms with van der Waals surface area (Å²) >= 11 is 6.03. The fraction of sp³-hybridized carbons (Fsp3) is 0.562. The third kappa shape index (κ3) is 4.05. The van der Waals surface area contributed by atoms with Crippen LogP contribution in [0, 0.1) is 5.92 Å². The molecule has 1 aromatic rings. The van der Waals surface area contributed by atoms with E-state index in [1.807, 2.05) is 19.1 Å². The van der Waals surface area contributed by atoms with Gasteiger partial charge in [-0.3, -0.25) is 4.79 Å². The van der Waals surface area contributed by atoms with Gasteiger partial charge in [0, 0.05) is 18.5 Å². The Morgan fingerprint density at radius 3 is 2.65 bits per heavy atom. The highest BCUT2D eigenvalue weighted by Crippen LogP contribution is 2.21. The van der Waals surface area contributed by atoms with Crippen LogP contribution >= 0.6 is 11.6 Å². The highest BCUT2D eigenvalue weighted by atomic mass is 35.5. The van der Waals surface area contributed by atoms with Crippen LogP contribution in [0.15, 0.2) is 24.3 Å². The Balaban J connectivity index is 1.79. The number of Topliss-reactive ketones (excluding diaryl/α,β-unsaturated/α-hetero) is 1. The number of aliphatic hydroxyl groups is 1. The highest BCUT2D eigenvalue weighted by molar-refractivity contribution is 6.33. The molecule has 0 spiro atoms. The highest BCUT2D eigenvalue weighted by Gasteiger charge is 2.23. The van der Waals surface area contributed by atoms with Crippen LogP contribution in [-0.2, 0) is 0 Å². The average molecular weight is 296 g/mol. The molecule has 3 nitrogen and oxygen atoms in total. The molecule has 1 unspecified atom stereocenters. The van der Waals surface area contributed by atoms with Crippen LogP contribution in [0.1, 0.15) is 36.5 Å². The number of carbonyl (C=O) groups is 1. The summed E-state index contributed by atoms with van der Waals surface area (Å²) in [4.78, 5) is 14.4. The average Bonchev–Trinajstić information content (AvgIpc) is 2.45. The van der Waals surface area contributed by atoms with E-state index in [2.05, 4.69) is 4.90 Å². The van der Waals surface area contributed by atoms with Crippen LogP contribution < -0.4 is 0 Å². The molecular weight excluding hydrogens is 274 g/mol. The lowest BCUT2D eigenvalue weighted by Gasteiger charge is -2.33. The SMILES string of the molecule is CC(O)C1CCN(CCC(=O)c2ccccc2Cl)CC1. The standard InChI is InChI=1S/C16H22ClNO2/c1-12(19)13-6-9-18(10-7-13)11-8-16(20)14-4-2-3-5-15(14)17/h2-5,12-13,19H,6-11H2,1H3. The molecule has 0 aromatic heterocycles. The first-order valence-corrected chi connectivity index (χ1v) is 7.64. The van der Waals surface area contributed by atoms with Crippen LogP contribution in [0.2, 0.25) is 5.02 Å². The molecule has 20 heavy (non-hydrogen) atoms. The van der Waals surface area contributed by atoms with Gasteiger partial charge in [0.05, 0.1) is 11.1 Å². The molecule has 0 radical (unpaired) electrons. The summed E-state index contributed by atoms with van der Waals surface area (Å²) in [5, 5.41) is 10.1. The third-order valence-electron chi connectivity index (χ3n) is 4.14. The van der Waals surface area contributed by atoms with Gasteiger partial charge in [0.25, 0.3) is 0 Å². The fourth-order valence-corrected chi connectivity index (χ4v) is 2.98. The number of aliphatic hydroxyl groups excluding tert-OH is 1. The molecule has 1 aliphatic heterocycles. The molecule has 1 heterocycles. The van der Waals surface area contributed by atoms with Crippen molar-refractivity contribution in [1.29, 1.82) is 0 Å². The van der Waals surface area contributed by atoms with Gasteiger partial charge >= 0.3 is 0 Å². The lowest BCUT2D eigenvalue weighted by atomic mass is 9.92. The van der Waals surface area contributed by atoms with Crippen LogP contribution in [0.5, 0.6) is 0 Å². The predicted molar refractivity (Wildman–Crippen MR) is 81.2 cm³/mol. The van der Waals surface area contributed by atoms with Crippen molar-refractivity contribution in [2.75, 3.05) is 19.6 Å². The number of hydrogen-bond acceptors (Lipinski definition) is 3. The molecule has 1 N–H and O–H groups in total. The Bertz CT molecular complexity index is 454. The Morgan fingerprint density at radius 1 is 1.40 bits per heavy atom. The van der Waals surface area contributed by atoms with Crippen LogP contribution in [0.4, 0.5) is 0 Å². The summed E-state index contributed by atoms with van der Waals surface area (Å²) in [5.74, 6) is 0.513. The Hall–Kier alpha value is -0.900. The summed E-state index contributed by atoms with van der Waals surface area (Å²) in [6.45, 7) is 4.56. The second kappa shape index (κ2) is 7.21. The first-order chi connectivity index (χ1) is 9.58. The number of benzene rings is 1. The Kier molecular flexibility index (Phi) is 5.58. The Labute approximate surface area is 125 Å². The molecule has 1 atom stereocenters. The number of hydrogen-bond donors (Lipinski definition) is 1. The van der Waals surface area contributed by atoms with Crippen molar-refractivity contribution >= 4 is 17.4 Å². The van der Waals surface area contributed by atoms with Gasteiger partial charge in [0.1, 0.15) is 0 Å². The maximum atomic E-state index is 12.1. The molecule has 0 amide bonds. The van der Waals surface area contributed by atoms with Gasteiger partial charge in [0.15, 0.2) is 5.78 Å². The van der Waals surface area contributed by atoms with Crippen molar-refractivity contribution in [3.8, 4) is 0 Å². The number of likely N-dealkylation sites (tertiary alicyclic amines) is 1. The minimum atomic E-state index is -0.220. The first kappa shape index (κ1) is 15.5. The van der Waals surface area contributed by atoms with E-state index in [1.165, 1.54) is 0 Å². The zero-order valence-electron chi connectivity index (χ0n) is 11.9. The van der Waals surface area contributed by atoms with Gasteiger partial charge in [-0.05, 0) is 50.9 Å². The predicted octanol–water partition coefficient (Wildman–Crippen LogP) is 3.01. The number of piperidine rings is 1. The summed E-state index contributed by atoms with van der Waals surface area (Å²) in [6, 6.07) is 7.21. The second-order valence-corrected chi connectivity index (χ2v) is 5.98. The molecular formula is C16H22ClNO2. The fourth-order valence-electron chi connectivity index (χ4n) is 2.74. The van der Waals surface area contributed by atoms with Gasteiger partial charge in [-0.25, -0.2) is 0 Å². The smallest absolute Gasteiger partial charge is 0.165 e. The van der Waals surface area contributed by atoms with Gasteiger partial charge in [-0.15, -0.1) is 0 Å². The van der Waals surface area contributed by atoms with Crippen molar-refractivity contribution < 1.29 is 9.90 Å². The molecule has 0 bridgehead atoms. The zero-order valence-corrected chi connectivity index (χ0v) is 12.6. The van der Waals surface area contributed by atoms with Gasteiger partial charge in [0.2, 0.25) is 0 Å². The van der Waals surface area contributed by atoms with Crippen LogP contribution in [-0.4, -0.2) is 41.5 Å². The van der Waals surface area contributed by atoms with Gasteiger partial charge in [-0.2, -0.15) is 0 Å². The largest absolute Gasteiger partial charge is 0.393 e. The van der Waals surface area contributed by atoms with Crippen molar-refractivity contribution in [2.45, 2.75) is 32.3 Å². The van der Waals surface area contributed by atoms with E-state index in [-0.39, 0.29) is 11.9 Å². The van der Waals surface area contributed by atoms with E-state index >= 15 is 0 Å². The number of carbonyl (C=O) groups excluding carboxylic acids is 1. The number of halogens is 1. The monoisotopic (exact) mass is 295 g/mol. The van der Waals surface area contributed by atoms with Crippen LogP contribution in [0.3, 0.4) is 0 Å². The van der Waals surface area contributed by atoms with Crippen molar-refractivity contribution in [3.05, 3.63) is 34.9 Å². The quantitative estimate of drug-likeness (QED) is 0.849. The second-order valence-electron chi connectivity index (χ2n) is 5.57. The molecule has 1 aliphatic rings. The lowest BCUT2D eigenvalue weighted by Crippen LogP contribution is -2.38. The molecule has 0 aliphatic carbocycles. The summed E-state index contributed by atoms with van der Waals surface area (Å²) < 4.78 is 0. The van der Waals surface area contributed by atoms with E-state index in [1.54, 1.807) is 12.1 Å². The van der Waals surface area contributed by atoms with Gasteiger partial charge in [-0.1, -0.05) is 23.7 Å². The third-order valence-corrected chi connectivity index (χ3v) is 4.47. The summed E-state index contributed by atoms with van der Waals surface area (Å²) in [5.41, 5.74) is 0.619. The van der Waals surface area contributed by atoms with E-state index < -0.39 is 0 Å². The summed E-state index contributed by atoms with van der Waals surface area (Å²) in [6.07, 6.45) is 2.31. The van der Waals surface area contributed by atoms with E-state index in [9.17, 15) is 9.90 Å². The van der Waals surface area contributed by atoms with E-state index in [0.717, 1.165) is 32.5 Å². The molecule has 1 aromatic carbocycles. The maximum Gasteiger partial charge on any atom is 0.165 e. The maximum absolute atomic E-state index is 12.1. The number of ketones is 1. The van der Waals surface area contributed by atoms with Crippen molar-refractivity contribution in [1.82, 2.24) is 4.90 Å². The summed E-state index contributed by atoms with van der Waals surface area (Å²) in [7, 11) is 0. The van der Waals surface area contributed by atoms with Crippen molar-refractivity contribution in [3.63, 3.8) is 0 Å². The topological polar surface area (TPSA) is 40.5 Å². The molecule has 4 heteroatoms. The van der Waals surface area contributed by atoms with E-state index in [0.29, 0.717) is 22.9 Å². The molecule has 110 valence electrons. The van der Waals surface area contributed by atoms with E-state index in [4.69, 9.17) is 11.6 Å². The molecule has 0 saturated carbocycles.